The van der Waals surface area contributed by atoms with E-state index in [4.69, 9.17) is 10.8 Å². The normalized spacial score (nSPS) is 21.9. The van der Waals surface area contributed by atoms with Gasteiger partial charge in [-0.15, -0.1) is 0 Å². The lowest BCUT2D eigenvalue weighted by Gasteiger charge is -2.35. The third kappa shape index (κ3) is 2.13. The number of anilines is 1. The molecule has 1 aromatic carbocycles. The van der Waals surface area contributed by atoms with E-state index >= 15 is 0 Å². The highest BCUT2D eigenvalue weighted by atomic mass is 16.4. The first kappa shape index (κ1) is 11.9. The lowest BCUT2D eigenvalue weighted by Crippen LogP contribution is -2.43. The van der Waals surface area contributed by atoms with Crippen molar-refractivity contribution < 1.29 is 9.90 Å². The molecule has 1 aliphatic rings. The van der Waals surface area contributed by atoms with Crippen molar-refractivity contribution in [3.63, 3.8) is 0 Å². The Kier molecular flexibility index (Phi) is 3.07. The van der Waals surface area contributed by atoms with Gasteiger partial charge in [0.1, 0.15) is 6.04 Å². The van der Waals surface area contributed by atoms with Crippen LogP contribution >= 0.6 is 0 Å². The molecule has 1 aromatic rings. The highest BCUT2D eigenvalue weighted by Crippen LogP contribution is 2.33. The highest BCUT2D eigenvalue weighted by molar-refractivity contribution is 5.73. The topological polar surface area (TPSA) is 66.6 Å². The van der Waals surface area contributed by atoms with Gasteiger partial charge in [-0.05, 0) is 30.0 Å². The second-order valence-electron chi connectivity index (χ2n) is 4.76. The molecule has 17 heavy (non-hydrogen) atoms. The van der Waals surface area contributed by atoms with E-state index in [1.807, 2.05) is 23.1 Å². The summed E-state index contributed by atoms with van der Waals surface area (Å²) in [5.74, 6) is -0.494. The minimum absolute atomic E-state index is 0.279. The lowest BCUT2D eigenvalue weighted by atomic mass is 9.89. The molecule has 1 heterocycles. The van der Waals surface area contributed by atoms with Crippen molar-refractivity contribution >= 4 is 11.7 Å². The summed E-state index contributed by atoms with van der Waals surface area (Å²) in [7, 11) is 0. The van der Waals surface area contributed by atoms with Gasteiger partial charge in [0.2, 0.25) is 0 Å². The number of carbonyl (C=O) groups is 1. The first-order chi connectivity index (χ1) is 8.00. The van der Waals surface area contributed by atoms with E-state index in [2.05, 4.69) is 6.92 Å². The Hall–Kier alpha value is -1.55. The third-order valence-electron chi connectivity index (χ3n) is 3.51. The summed E-state index contributed by atoms with van der Waals surface area (Å²) in [5.41, 5.74) is 9.13. The van der Waals surface area contributed by atoms with E-state index in [9.17, 15) is 4.79 Å². The van der Waals surface area contributed by atoms with Crippen LogP contribution in [0.1, 0.15) is 30.9 Å². The molecule has 92 valence electrons. The molecule has 3 N–H and O–H groups in total. The van der Waals surface area contributed by atoms with E-state index in [1.165, 1.54) is 5.56 Å². The van der Waals surface area contributed by atoms with Crippen LogP contribution in [0.15, 0.2) is 18.2 Å². The Labute approximate surface area is 101 Å². The predicted molar refractivity (Wildman–Crippen MR) is 66.8 cm³/mol. The smallest absolute Gasteiger partial charge is 0.320 e. The van der Waals surface area contributed by atoms with Crippen LogP contribution < -0.4 is 5.73 Å². The minimum atomic E-state index is -0.774. The number of hydrogen-bond donors (Lipinski definition) is 2. The monoisotopic (exact) mass is 234 g/mol. The van der Waals surface area contributed by atoms with Crippen LogP contribution in [0.4, 0.5) is 5.69 Å². The molecule has 1 aliphatic heterocycles. The standard InChI is InChI=1S/C13H18N2O2/c1-8-6-15(9(2)13(16)17)7-10-4-3-5-11(14)12(8)10/h3-5,8-9H,6-7,14H2,1-2H3,(H,16,17). The molecule has 4 heteroatoms. The van der Waals surface area contributed by atoms with Gasteiger partial charge in [-0.1, -0.05) is 19.1 Å². The number of rotatable bonds is 2. The number of fused-ring (bicyclic) bond motifs is 1. The largest absolute Gasteiger partial charge is 0.480 e. The molecule has 2 atom stereocenters. The van der Waals surface area contributed by atoms with Gasteiger partial charge in [0.15, 0.2) is 0 Å². The SMILES string of the molecule is CC1CN(C(C)C(=O)O)Cc2cccc(N)c21. The van der Waals surface area contributed by atoms with Gasteiger partial charge in [0.05, 0.1) is 0 Å². The van der Waals surface area contributed by atoms with E-state index in [1.54, 1.807) is 6.92 Å². The first-order valence-corrected chi connectivity index (χ1v) is 5.84. The van der Waals surface area contributed by atoms with Gasteiger partial charge >= 0.3 is 5.97 Å². The second kappa shape index (κ2) is 4.37. The van der Waals surface area contributed by atoms with Gasteiger partial charge in [-0.3, -0.25) is 9.69 Å². The molecule has 0 bridgehead atoms. The maximum Gasteiger partial charge on any atom is 0.320 e. The summed E-state index contributed by atoms with van der Waals surface area (Å²) >= 11 is 0. The fourth-order valence-electron chi connectivity index (χ4n) is 2.55. The summed E-state index contributed by atoms with van der Waals surface area (Å²) in [6, 6.07) is 5.41. The van der Waals surface area contributed by atoms with Crippen molar-refractivity contribution in [1.82, 2.24) is 4.90 Å². The Morgan fingerprint density at radius 2 is 2.29 bits per heavy atom. The number of benzene rings is 1. The number of carboxylic acids is 1. The van der Waals surface area contributed by atoms with Crippen molar-refractivity contribution in [1.29, 1.82) is 0 Å². The molecule has 0 saturated heterocycles. The van der Waals surface area contributed by atoms with Crippen LogP contribution in [0.3, 0.4) is 0 Å². The molecule has 0 amide bonds. The van der Waals surface area contributed by atoms with Gasteiger partial charge in [0.25, 0.3) is 0 Å². The van der Waals surface area contributed by atoms with Crippen molar-refractivity contribution in [3.8, 4) is 0 Å². The molecule has 0 spiro atoms. The number of nitrogens with zero attached hydrogens (tertiary/aromatic N) is 1. The Bertz CT molecular complexity index is 445. The van der Waals surface area contributed by atoms with Crippen molar-refractivity contribution in [2.24, 2.45) is 0 Å². The van der Waals surface area contributed by atoms with E-state index in [0.29, 0.717) is 6.54 Å². The van der Waals surface area contributed by atoms with Crippen molar-refractivity contribution in [2.45, 2.75) is 32.4 Å². The molecule has 0 saturated carbocycles. The Balaban J connectivity index is 2.31. The molecular weight excluding hydrogens is 216 g/mol. The van der Waals surface area contributed by atoms with E-state index in [-0.39, 0.29) is 5.92 Å². The van der Waals surface area contributed by atoms with Crippen LogP contribution in [0.25, 0.3) is 0 Å². The molecular formula is C13H18N2O2. The van der Waals surface area contributed by atoms with Crippen LogP contribution in [0.2, 0.25) is 0 Å². The van der Waals surface area contributed by atoms with Gasteiger partial charge < -0.3 is 10.8 Å². The maximum atomic E-state index is 11.0. The number of hydrogen-bond acceptors (Lipinski definition) is 3. The van der Waals surface area contributed by atoms with Crippen LogP contribution in [-0.4, -0.2) is 28.6 Å². The lowest BCUT2D eigenvalue weighted by molar-refractivity contribution is -0.143. The quantitative estimate of drug-likeness (QED) is 0.764. The Morgan fingerprint density at radius 3 is 2.94 bits per heavy atom. The van der Waals surface area contributed by atoms with E-state index in [0.717, 1.165) is 17.8 Å². The minimum Gasteiger partial charge on any atom is -0.480 e. The summed E-state index contributed by atoms with van der Waals surface area (Å²) < 4.78 is 0. The number of aliphatic carboxylic acids is 1. The number of nitrogen functional groups attached to an aromatic ring is 1. The van der Waals surface area contributed by atoms with Crippen LogP contribution in [0.5, 0.6) is 0 Å². The summed E-state index contributed by atoms with van der Waals surface area (Å²) in [6.45, 7) is 5.23. The van der Waals surface area contributed by atoms with E-state index < -0.39 is 12.0 Å². The first-order valence-electron chi connectivity index (χ1n) is 5.84. The average molecular weight is 234 g/mol. The van der Waals surface area contributed by atoms with Crippen molar-refractivity contribution in [3.05, 3.63) is 29.3 Å². The molecule has 0 aliphatic carbocycles. The zero-order valence-corrected chi connectivity index (χ0v) is 10.2. The molecule has 0 aromatic heterocycles. The molecule has 4 nitrogen and oxygen atoms in total. The highest BCUT2D eigenvalue weighted by Gasteiger charge is 2.29. The average Bonchev–Trinajstić information content (AvgIpc) is 2.27. The number of nitrogens with two attached hydrogens (primary N) is 1. The van der Waals surface area contributed by atoms with Crippen LogP contribution in [0, 0.1) is 0 Å². The third-order valence-corrected chi connectivity index (χ3v) is 3.51. The molecule has 0 radical (unpaired) electrons. The molecule has 2 rings (SSSR count). The fourth-order valence-corrected chi connectivity index (χ4v) is 2.55. The second-order valence-corrected chi connectivity index (χ2v) is 4.76. The fraction of sp³-hybridized carbons (Fsp3) is 0.462. The van der Waals surface area contributed by atoms with Crippen LogP contribution in [-0.2, 0) is 11.3 Å². The summed E-state index contributed by atoms with van der Waals surface area (Å²) in [4.78, 5) is 13.0. The summed E-state index contributed by atoms with van der Waals surface area (Å²) in [6.07, 6.45) is 0. The van der Waals surface area contributed by atoms with Gasteiger partial charge in [-0.2, -0.15) is 0 Å². The predicted octanol–water partition coefficient (Wildman–Crippen LogP) is 1.66. The molecule has 0 fully saturated rings. The summed E-state index contributed by atoms with van der Waals surface area (Å²) in [5, 5.41) is 9.06. The molecule has 2 unspecified atom stereocenters. The Morgan fingerprint density at radius 1 is 1.59 bits per heavy atom. The zero-order chi connectivity index (χ0) is 12.6. The van der Waals surface area contributed by atoms with Crippen molar-refractivity contribution in [2.75, 3.05) is 12.3 Å². The number of carboxylic acid groups (broad SMARTS) is 1. The van der Waals surface area contributed by atoms with Gasteiger partial charge in [0, 0.05) is 18.8 Å². The maximum absolute atomic E-state index is 11.0. The van der Waals surface area contributed by atoms with Gasteiger partial charge in [-0.25, -0.2) is 0 Å². The zero-order valence-electron chi connectivity index (χ0n) is 10.2.